The van der Waals surface area contributed by atoms with Crippen LogP contribution in [0.25, 0.3) is 0 Å². The van der Waals surface area contributed by atoms with Crippen LogP contribution in [0.15, 0.2) is 52.1 Å². The van der Waals surface area contributed by atoms with Crippen LogP contribution in [0.5, 0.6) is 5.75 Å². The SMILES string of the molecule is Cc1cc(Cl)ccc1OCc1nnc(SCc2ccccc2C#N)o1. The molecule has 3 rings (SSSR count). The summed E-state index contributed by atoms with van der Waals surface area (Å²) < 4.78 is 11.3. The normalized spacial score (nSPS) is 10.4. The van der Waals surface area contributed by atoms with Crippen LogP contribution in [0.1, 0.15) is 22.6 Å². The first-order valence-corrected chi connectivity index (χ1v) is 8.84. The van der Waals surface area contributed by atoms with Gasteiger partial charge in [-0.15, -0.1) is 10.2 Å². The molecule has 0 unspecified atom stereocenters. The summed E-state index contributed by atoms with van der Waals surface area (Å²) in [5.41, 5.74) is 2.52. The van der Waals surface area contributed by atoms with E-state index in [2.05, 4.69) is 16.3 Å². The number of nitrogens with zero attached hydrogens (tertiary/aromatic N) is 3. The van der Waals surface area contributed by atoms with Gasteiger partial charge in [0, 0.05) is 10.8 Å². The number of thioether (sulfide) groups is 1. The highest BCUT2D eigenvalue weighted by Crippen LogP contribution is 2.25. The maximum Gasteiger partial charge on any atom is 0.277 e. The van der Waals surface area contributed by atoms with Crippen molar-refractivity contribution >= 4 is 23.4 Å². The third kappa shape index (κ3) is 4.53. The van der Waals surface area contributed by atoms with E-state index in [1.807, 2.05) is 37.3 Å². The maximum atomic E-state index is 9.10. The number of hydrogen-bond acceptors (Lipinski definition) is 6. The molecule has 0 saturated heterocycles. The van der Waals surface area contributed by atoms with Crippen LogP contribution in [0, 0.1) is 18.3 Å². The Hall–Kier alpha value is -2.49. The van der Waals surface area contributed by atoms with Crippen LogP contribution in [0.2, 0.25) is 5.02 Å². The summed E-state index contributed by atoms with van der Waals surface area (Å²) in [5.74, 6) is 1.70. The van der Waals surface area contributed by atoms with E-state index in [0.29, 0.717) is 27.5 Å². The highest BCUT2D eigenvalue weighted by atomic mass is 35.5. The van der Waals surface area contributed by atoms with Gasteiger partial charge in [-0.1, -0.05) is 41.6 Å². The number of hydrogen-bond donors (Lipinski definition) is 0. The molecule has 0 radical (unpaired) electrons. The van der Waals surface area contributed by atoms with Gasteiger partial charge in [-0.25, -0.2) is 0 Å². The summed E-state index contributed by atoms with van der Waals surface area (Å²) in [7, 11) is 0. The highest BCUT2D eigenvalue weighted by Gasteiger charge is 2.10. The Labute approximate surface area is 154 Å². The van der Waals surface area contributed by atoms with Crippen molar-refractivity contribution in [3.05, 3.63) is 70.1 Å². The molecule has 5 nitrogen and oxygen atoms in total. The van der Waals surface area contributed by atoms with E-state index >= 15 is 0 Å². The Kier molecular flexibility index (Phi) is 5.59. The topological polar surface area (TPSA) is 71.9 Å². The zero-order chi connectivity index (χ0) is 17.6. The maximum absolute atomic E-state index is 9.10. The average Bonchev–Trinajstić information content (AvgIpc) is 3.07. The molecule has 0 saturated carbocycles. The first kappa shape index (κ1) is 17.3. The predicted molar refractivity (Wildman–Crippen MR) is 95.5 cm³/mol. The molecule has 0 spiro atoms. The lowest BCUT2D eigenvalue weighted by Crippen LogP contribution is -1.97. The van der Waals surface area contributed by atoms with E-state index in [9.17, 15) is 0 Å². The molecule has 0 bridgehead atoms. The molecule has 0 amide bonds. The summed E-state index contributed by atoms with van der Waals surface area (Å²) in [6.07, 6.45) is 0. The van der Waals surface area contributed by atoms with Crippen LogP contribution in [-0.4, -0.2) is 10.2 Å². The van der Waals surface area contributed by atoms with Crippen molar-refractivity contribution in [2.75, 3.05) is 0 Å². The fourth-order valence-electron chi connectivity index (χ4n) is 2.16. The van der Waals surface area contributed by atoms with E-state index < -0.39 is 0 Å². The standard InChI is InChI=1S/C18H14ClN3O2S/c1-12-8-15(19)6-7-16(12)23-10-17-21-22-18(24-17)25-11-14-5-3-2-4-13(14)9-20/h2-8H,10-11H2,1H3. The molecule has 0 aliphatic carbocycles. The minimum absolute atomic E-state index is 0.185. The first-order chi connectivity index (χ1) is 12.2. The van der Waals surface area contributed by atoms with E-state index in [1.54, 1.807) is 12.1 Å². The summed E-state index contributed by atoms with van der Waals surface area (Å²) in [6, 6.07) is 15.0. The zero-order valence-electron chi connectivity index (χ0n) is 13.4. The second kappa shape index (κ2) is 8.06. The van der Waals surface area contributed by atoms with E-state index in [0.717, 1.165) is 16.9 Å². The van der Waals surface area contributed by atoms with Crippen LogP contribution >= 0.6 is 23.4 Å². The van der Waals surface area contributed by atoms with Gasteiger partial charge in [-0.3, -0.25) is 0 Å². The van der Waals surface area contributed by atoms with E-state index in [1.165, 1.54) is 11.8 Å². The molecule has 7 heteroatoms. The van der Waals surface area contributed by atoms with Crippen molar-refractivity contribution in [1.29, 1.82) is 5.26 Å². The number of nitriles is 1. The van der Waals surface area contributed by atoms with Crippen LogP contribution in [-0.2, 0) is 12.4 Å². The van der Waals surface area contributed by atoms with Gasteiger partial charge in [0.15, 0.2) is 6.61 Å². The summed E-state index contributed by atoms with van der Waals surface area (Å²) in [5, 5.41) is 18.2. The van der Waals surface area contributed by atoms with Gasteiger partial charge >= 0.3 is 0 Å². The Morgan fingerprint density at radius 2 is 2.08 bits per heavy atom. The largest absolute Gasteiger partial charge is 0.484 e. The quantitative estimate of drug-likeness (QED) is 0.581. The first-order valence-electron chi connectivity index (χ1n) is 7.48. The van der Waals surface area contributed by atoms with Gasteiger partial charge < -0.3 is 9.15 Å². The monoisotopic (exact) mass is 371 g/mol. The molecule has 3 aromatic rings. The molecule has 0 aliphatic heterocycles. The van der Waals surface area contributed by atoms with Gasteiger partial charge in [0.1, 0.15) is 5.75 Å². The summed E-state index contributed by atoms with van der Waals surface area (Å²) in [4.78, 5) is 0. The highest BCUT2D eigenvalue weighted by molar-refractivity contribution is 7.98. The lowest BCUT2D eigenvalue weighted by molar-refractivity contribution is 0.251. The van der Waals surface area contributed by atoms with Gasteiger partial charge in [0.05, 0.1) is 11.6 Å². The molecule has 1 aromatic heterocycles. The van der Waals surface area contributed by atoms with E-state index in [-0.39, 0.29) is 6.61 Å². The molecular formula is C18H14ClN3O2S. The van der Waals surface area contributed by atoms with Crippen LogP contribution < -0.4 is 4.74 Å². The van der Waals surface area contributed by atoms with E-state index in [4.69, 9.17) is 26.0 Å². The third-order valence-electron chi connectivity index (χ3n) is 3.43. The second-order valence-corrected chi connectivity index (χ2v) is 6.58. The van der Waals surface area contributed by atoms with Crippen LogP contribution in [0.4, 0.5) is 0 Å². The lowest BCUT2D eigenvalue weighted by Gasteiger charge is -2.06. The Bertz CT molecular complexity index is 921. The number of benzene rings is 2. The lowest BCUT2D eigenvalue weighted by atomic mass is 10.1. The predicted octanol–water partition coefficient (Wildman–Crippen LogP) is 4.77. The number of ether oxygens (including phenoxy) is 1. The fraction of sp³-hybridized carbons (Fsp3) is 0.167. The molecule has 0 atom stereocenters. The molecule has 1 heterocycles. The smallest absolute Gasteiger partial charge is 0.277 e. The molecule has 2 aromatic carbocycles. The summed E-state index contributed by atoms with van der Waals surface area (Å²) >= 11 is 7.31. The Morgan fingerprint density at radius 3 is 2.88 bits per heavy atom. The number of aromatic nitrogens is 2. The number of rotatable bonds is 6. The van der Waals surface area contributed by atoms with Crippen molar-refractivity contribution in [1.82, 2.24) is 10.2 Å². The van der Waals surface area contributed by atoms with Crippen LogP contribution in [0.3, 0.4) is 0 Å². The van der Waals surface area contributed by atoms with Crippen molar-refractivity contribution in [3.63, 3.8) is 0 Å². The van der Waals surface area contributed by atoms with Crippen molar-refractivity contribution < 1.29 is 9.15 Å². The zero-order valence-corrected chi connectivity index (χ0v) is 15.0. The second-order valence-electron chi connectivity index (χ2n) is 5.22. The van der Waals surface area contributed by atoms with Crippen molar-refractivity contribution in [2.45, 2.75) is 24.5 Å². The molecule has 126 valence electrons. The molecular weight excluding hydrogens is 358 g/mol. The fourth-order valence-corrected chi connectivity index (χ4v) is 3.17. The van der Waals surface area contributed by atoms with Gasteiger partial charge in [-0.05, 0) is 42.3 Å². The Balaban J connectivity index is 1.58. The van der Waals surface area contributed by atoms with Gasteiger partial charge in [0.25, 0.3) is 11.1 Å². The summed E-state index contributed by atoms with van der Waals surface area (Å²) in [6.45, 7) is 2.10. The van der Waals surface area contributed by atoms with Gasteiger partial charge in [0.2, 0.25) is 0 Å². The molecule has 25 heavy (non-hydrogen) atoms. The molecule has 0 N–H and O–H groups in total. The minimum atomic E-state index is 0.185. The minimum Gasteiger partial charge on any atom is -0.484 e. The van der Waals surface area contributed by atoms with Crippen molar-refractivity contribution in [3.8, 4) is 11.8 Å². The number of halogens is 1. The number of aryl methyl sites for hydroxylation is 1. The molecule has 0 aliphatic rings. The third-order valence-corrected chi connectivity index (χ3v) is 4.53. The molecule has 0 fully saturated rings. The van der Waals surface area contributed by atoms with Crippen molar-refractivity contribution in [2.24, 2.45) is 0 Å². The average molecular weight is 372 g/mol. The van der Waals surface area contributed by atoms with Gasteiger partial charge in [-0.2, -0.15) is 5.26 Å². The Morgan fingerprint density at radius 1 is 1.24 bits per heavy atom.